The molecule has 0 atom stereocenters. The number of aryl methyl sites for hydroxylation is 3. The molecule has 0 fully saturated rings. The number of nitrogens with two attached hydrogens (primary N) is 1. The fraction of sp³-hybridized carbons (Fsp3) is 0.438. The van der Waals surface area contributed by atoms with Gasteiger partial charge in [0, 0.05) is 18.5 Å². The quantitative estimate of drug-likeness (QED) is 0.918. The minimum absolute atomic E-state index is 0.573. The Balaban J connectivity index is 1.97. The van der Waals surface area contributed by atoms with Crippen LogP contribution >= 0.6 is 0 Å². The van der Waals surface area contributed by atoms with E-state index in [9.17, 15) is 0 Å². The Morgan fingerprint density at radius 3 is 2.79 bits per heavy atom. The molecule has 0 unspecified atom stereocenters. The lowest BCUT2D eigenvalue weighted by Gasteiger charge is -2.16. The lowest BCUT2D eigenvalue weighted by atomic mass is 9.90. The smallest absolute Gasteiger partial charge is 0.196 e. The molecule has 1 aliphatic carbocycles. The van der Waals surface area contributed by atoms with Crippen LogP contribution in [0.4, 0.5) is 0 Å². The number of hydrogen-bond acceptors (Lipinski definition) is 3. The highest BCUT2D eigenvalue weighted by Gasteiger charge is 2.15. The Kier molecular flexibility index (Phi) is 3.38. The van der Waals surface area contributed by atoms with Crippen molar-refractivity contribution >= 4 is 0 Å². The molecule has 0 saturated carbocycles. The van der Waals surface area contributed by atoms with Crippen LogP contribution in [0.2, 0.25) is 0 Å². The summed E-state index contributed by atoms with van der Waals surface area (Å²) in [6.07, 6.45) is 5.71. The average molecular weight is 256 g/mol. The van der Waals surface area contributed by atoms with Crippen molar-refractivity contribution in [3.05, 3.63) is 40.9 Å². The zero-order valence-corrected chi connectivity index (χ0v) is 11.4. The molecular formula is C16H20N2O. The van der Waals surface area contributed by atoms with Gasteiger partial charge in [-0.05, 0) is 49.8 Å². The third-order valence-corrected chi connectivity index (χ3v) is 3.81. The predicted molar refractivity (Wildman–Crippen MR) is 76.1 cm³/mol. The molecule has 1 aliphatic rings. The van der Waals surface area contributed by atoms with Gasteiger partial charge in [0.25, 0.3) is 0 Å². The van der Waals surface area contributed by atoms with Crippen molar-refractivity contribution in [3.63, 3.8) is 0 Å². The molecule has 1 aromatic carbocycles. The highest BCUT2D eigenvalue weighted by atomic mass is 16.4. The molecule has 19 heavy (non-hydrogen) atoms. The van der Waals surface area contributed by atoms with Gasteiger partial charge < -0.3 is 10.2 Å². The second-order valence-electron chi connectivity index (χ2n) is 5.25. The van der Waals surface area contributed by atoms with Crippen LogP contribution in [0, 0.1) is 6.92 Å². The van der Waals surface area contributed by atoms with E-state index in [2.05, 4.69) is 23.2 Å². The zero-order chi connectivity index (χ0) is 13.2. The Morgan fingerprint density at radius 2 is 2.00 bits per heavy atom. The average Bonchev–Trinajstić information content (AvgIpc) is 2.79. The summed E-state index contributed by atoms with van der Waals surface area (Å²) >= 11 is 0. The number of nitrogens with zero attached hydrogens (tertiary/aromatic N) is 1. The summed E-state index contributed by atoms with van der Waals surface area (Å²) in [5.74, 6) is 1.64. The summed E-state index contributed by atoms with van der Waals surface area (Å²) in [5.41, 5.74) is 10.6. The van der Waals surface area contributed by atoms with Gasteiger partial charge in [0.1, 0.15) is 0 Å². The lowest BCUT2D eigenvalue weighted by Crippen LogP contribution is -2.02. The number of fused-ring (bicyclic) bond motifs is 1. The minimum atomic E-state index is 0.573. The molecule has 3 nitrogen and oxygen atoms in total. The standard InChI is InChI=1S/C16H20N2O/c1-11-16(19-15(18-11)8-9-17)14-7-6-12-4-2-3-5-13(12)10-14/h6-7,10H,2-5,8-9,17H2,1H3. The molecule has 0 saturated heterocycles. The molecule has 0 bridgehead atoms. The fourth-order valence-electron chi connectivity index (χ4n) is 2.83. The van der Waals surface area contributed by atoms with Crippen molar-refractivity contribution in [3.8, 4) is 11.3 Å². The molecule has 1 heterocycles. The molecule has 100 valence electrons. The number of aromatic nitrogens is 1. The molecule has 3 heteroatoms. The zero-order valence-electron chi connectivity index (χ0n) is 11.4. The Labute approximate surface area is 113 Å². The van der Waals surface area contributed by atoms with E-state index < -0.39 is 0 Å². The van der Waals surface area contributed by atoms with E-state index in [0.29, 0.717) is 13.0 Å². The number of oxazole rings is 1. The molecule has 2 aromatic rings. The maximum atomic E-state index is 5.84. The third-order valence-electron chi connectivity index (χ3n) is 3.81. The van der Waals surface area contributed by atoms with E-state index in [1.54, 1.807) is 0 Å². The normalized spacial score (nSPS) is 14.4. The molecular weight excluding hydrogens is 236 g/mol. The van der Waals surface area contributed by atoms with Crippen LogP contribution < -0.4 is 5.73 Å². The van der Waals surface area contributed by atoms with Gasteiger partial charge in [-0.15, -0.1) is 0 Å². The van der Waals surface area contributed by atoms with Crippen molar-refractivity contribution in [2.75, 3.05) is 6.54 Å². The first-order valence-electron chi connectivity index (χ1n) is 7.06. The van der Waals surface area contributed by atoms with Gasteiger partial charge in [-0.1, -0.05) is 12.1 Å². The van der Waals surface area contributed by atoms with Crippen LogP contribution in [0.5, 0.6) is 0 Å². The van der Waals surface area contributed by atoms with Crippen LogP contribution in [0.15, 0.2) is 22.6 Å². The van der Waals surface area contributed by atoms with Crippen LogP contribution in [0.1, 0.15) is 35.6 Å². The highest BCUT2D eigenvalue weighted by molar-refractivity contribution is 5.62. The molecule has 0 spiro atoms. The summed E-state index contributed by atoms with van der Waals surface area (Å²) in [7, 11) is 0. The van der Waals surface area contributed by atoms with E-state index in [-0.39, 0.29) is 0 Å². The Morgan fingerprint density at radius 1 is 1.21 bits per heavy atom. The summed E-state index contributed by atoms with van der Waals surface area (Å²) in [4.78, 5) is 4.44. The lowest BCUT2D eigenvalue weighted by molar-refractivity contribution is 0.507. The number of hydrogen-bond donors (Lipinski definition) is 1. The first-order chi connectivity index (χ1) is 9.28. The summed E-state index contributed by atoms with van der Waals surface area (Å²) in [5, 5.41) is 0. The first-order valence-corrected chi connectivity index (χ1v) is 7.06. The van der Waals surface area contributed by atoms with Gasteiger partial charge in [0.2, 0.25) is 0 Å². The van der Waals surface area contributed by atoms with E-state index in [1.165, 1.54) is 36.8 Å². The van der Waals surface area contributed by atoms with E-state index in [0.717, 1.165) is 22.9 Å². The topological polar surface area (TPSA) is 52.0 Å². The maximum absolute atomic E-state index is 5.84. The predicted octanol–water partition coefficient (Wildman–Crippen LogP) is 3.03. The monoisotopic (exact) mass is 256 g/mol. The van der Waals surface area contributed by atoms with Gasteiger partial charge in [-0.3, -0.25) is 0 Å². The number of rotatable bonds is 3. The maximum Gasteiger partial charge on any atom is 0.196 e. The van der Waals surface area contributed by atoms with Crippen molar-refractivity contribution in [2.24, 2.45) is 5.73 Å². The van der Waals surface area contributed by atoms with Crippen molar-refractivity contribution in [2.45, 2.75) is 39.0 Å². The van der Waals surface area contributed by atoms with E-state index in [4.69, 9.17) is 10.2 Å². The molecule has 1 aromatic heterocycles. The van der Waals surface area contributed by atoms with Crippen LogP contribution in [-0.4, -0.2) is 11.5 Å². The molecule has 2 N–H and O–H groups in total. The Hall–Kier alpha value is -1.61. The van der Waals surface area contributed by atoms with Gasteiger partial charge >= 0.3 is 0 Å². The second-order valence-corrected chi connectivity index (χ2v) is 5.25. The second kappa shape index (κ2) is 5.17. The van der Waals surface area contributed by atoms with Crippen LogP contribution in [0.3, 0.4) is 0 Å². The van der Waals surface area contributed by atoms with Gasteiger partial charge in [0.05, 0.1) is 5.69 Å². The largest absolute Gasteiger partial charge is 0.440 e. The highest BCUT2D eigenvalue weighted by Crippen LogP contribution is 2.29. The van der Waals surface area contributed by atoms with E-state index >= 15 is 0 Å². The molecule has 0 radical (unpaired) electrons. The summed E-state index contributed by atoms with van der Waals surface area (Å²) in [6.45, 7) is 2.57. The molecule has 3 rings (SSSR count). The number of benzene rings is 1. The van der Waals surface area contributed by atoms with Crippen molar-refractivity contribution in [1.29, 1.82) is 0 Å². The van der Waals surface area contributed by atoms with Gasteiger partial charge in [-0.25, -0.2) is 4.98 Å². The van der Waals surface area contributed by atoms with Gasteiger partial charge in [-0.2, -0.15) is 0 Å². The molecule has 0 amide bonds. The summed E-state index contributed by atoms with van der Waals surface area (Å²) in [6, 6.07) is 6.67. The third kappa shape index (κ3) is 2.43. The van der Waals surface area contributed by atoms with Crippen molar-refractivity contribution < 1.29 is 4.42 Å². The minimum Gasteiger partial charge on any atom is -0.440 e. The van der Waals surface area contributed by atoms with Gasteiger partial charge in [0.15, 0.2) is 11.7 Å². The SMILES string of the molecule is Cc1nc(CCN)oc1-c1ccc2c(c1)CCCC2. The first kappa shape index (κ1) is 12.4. The van der Waals surface area contributed by atoms with Crippen LogP contribution in [-0.2, 0) is 19.3 Å². The summed E-state index contributed by atoms with van der Waals surface area (Å²) < 4.78 is 5.84. The van der Waals surface area contributed by atoms with Crippen LogP contribution in [0.25, 0.3) is 11.3 Å². The Bertz CT molecular complexity index is 586. The molecule has 0 aliphatic heterocycles. The van der Waals surface area contributed by atoms with E-state index in [1.807, 2.05) is 6.92 Å². The fourth-order valence-corrected chi connectivity index (χ4v) is 2.83. The van der Waals surface area contributed by atoms with Crippen molar-refractivity contribution in [1.82, 2.24) is 4.98 Å².